The van der Waals surface area contributed by atoms with Crippen molar-refractivity contribution in [1.29, 1.82) is 0 Å². The Bertz CT molecular complexity index is 478. The van der Waals surface area contributed by atoms with Gasteiger partial charge in [-0.05, 0) is 43.4 Å². The van der Waals surface area contributed by atoms with E-state index in [1.54, 1.807) is 6.07 Å². The van der Waals surface area contributed by atoms with Crippen LogP contribution in [0, 0.1) is 5.82 Å². The molecule has 0 atom stereocenters. The van der Waals surface area contributed by atoms with Gasteiger partial charge in [-0.1, -0.05) is 6.07 Å². The first-order valence-corrected chi connectivity index (χ1v) is 5.99. The number of carbonyl (C=O) groups is 1. The van der Waals surface area contributed by atoms with Gasteiger partial charge in [0, 0.05) is 11.7 Å². The van der Waals surface area contributed by atoms with Crippen molar-refractivity contribution >= 4 is 11.6 Å². The van der Waals surface area contributed by atoms with Crippen LogP contribution in [0.25, 0.3) is 0 Å². The number of rotatable bonds is 0. The van der Waals surface area contributed by atoms with Crippen LogP contribution in [-0.2, 0) is 10.2 Å². The number of hydrogen-bond acceptors (Lipinski definition) is 2. The van der Waals surface area contributed by atoms with Gasteiger partial charge in [0.2, 0.25) is 5.91 Å². The molecule has 3 N–H and O–H groups in total. The lowest BCUT2D eigenvalue weighted by Gasteiger charge is -2.34. The fourth-order valence-electron chi connectivity index (χ4n) is 3.03. The molecule has 1 aliphatic carbocycles. The van der Waals surface area contributed by atoms with Crippen LogP contribution in [0.5, 0.6) is 0 Å². The minimum absolute atomic E-state index is 0.00463. The molecular weight excluding hydrogens is 219 g/mol. The third-order valence-electron chi connectivity index (χ3n) is 4.06. The summed E-state index contributed by atoms with van der Waals surface area (Å²) in [6, 6.07) is 4.75. The van der Waals surface area contributed by atoms with Crippen molar-refractivity contribution < 1.29 is 9.18 Å². The lowest BCUT2D eigenvalue weighted by molar-refractivity contribution is -0.122. The molecule has 0 aromatic heterocycles. The lowest BCUT2D eigenvalue weighted by Crippen LogP contribution is -2.41. The molecular formula is C13H15FN2O. The van der Waals surface area contributed by atoms with Crippen molar-refractivity contribution in [3.63, 3.8) is 0 Å². The maximum Gasteiger partial charge on any atom is 0.235 e. The van der Waals surface area contributed by atoms with Crippen LogP contribution in [0.1, 0.15) is 31.2 Å². The summed E-state index contributed by atoms with van der Waals surface area (Å²) in [5.41, 5.74) is 6.99. The standard InChI is InChI=1S/C13H15FN2O/c14-8-1-2-10-11(7-8)16-12(17)13(10)5-3-9(15)4-6-13/h1-2,7,9H,3-6,15H2,(H,16,17). The van der Waals surface area contributed by atoms with Gasteiger partial charge in [-0.2, -0.15) is 0 Å². The van der Waals surface area contributed by atoms with E-state index in [9.17, 15) is 9.18 Å². The minimum Gasteiger partial charge on any atom is -0.328 e. The zero-order valence-electron chi connectivity index (χ0n) is 9.50. The summed E-state index contributed by atoms with van der Waals surface area (Å²) >= 11 is 0. The first kappa shape index (κ1) is 10.7. The average molecular weight is 234 g/mol. The zero-order chi connectivity index (χ0) is 12.0. The van der Waals surface area contributed by atoms with Crippen LogP contribution in [0.3, 0.4) is 0 Å². The van der Waals surface area contributed by atoms with E-state index in [-0.39, 0.29) is 17.8 Å². The molecule has 17 heavy (non-hydrogen) atoms. The van der Waals surface area contributed by atoms with E-state index in [0.29, 0.717) is 5.69 Å². The number of hydrogen-bond donors (Lipinski definition) is 2. The Balaban J connectivity index is 2.05. The lowest BCUT2D eigenvalue weighted by atomic mass is 9.69. The molecule has 1 aromatic rings. The molecule has 3 nitrogen and oxygen atoms in total. The highest BCUT2D eigenvalue weighted by atomic mass is 19.1. The highest BCUT2D eigenvalue weighted by Crippen LogP contribution is 2.47. The number of benzene rings is 1. The van der Waals surface area contributed by atoms with Gasteiger partial charge in [0.1, 0.15) is 5.82 Å². The summed E-state index contributed by atoms with van der Waals surface area (Å²) in [6.07, 6.45) is 3.23. The Morgan fingerprint density at radius 3 is 2.76 bits per heavy atom. The molecule has 1 amide bonds. The SMILES string of the molecule is NC1CCC2(CC1)C(=O)Nc1cc(F)ccc12. The molecule has 1 saturated carbocycles. The van der Waals surface area contributed by atoms with Crippen molar-refractivity contribution in [3.05, 3.63) is 29.6 Å². The van der Waals surface area contributed by atoms with E-state index in [2.05, 4.69) is 5.32 Å². The Morgan fingerprint density at radius 2 is 2.06 bits per heavy atom. The summed E-state index contributed by atoms with van der Waals surface area (Å²) in [5.74, 6) is -0.307. The second-order valence-electron chi connectivity index (χ2n) is 5.06. The summed E-state index contributed by atoms with van der Waals surface area (Å²) in [5, 5.41) is 2.79. The van der Waals surface area contributed by atoms with Crippen LogP contribution >= 0.6 is 0 Å². The maximum absolute atomic E-state index is 13.1. The van der Waals surface area contributed by atoms with E-state index >= 15 is 0 Å². The van der Waals surface area contributed by atoms with Gasteiger partial charge in [-0.3, -0.25) is 4.79 Å². The molecule has 90 valence electrons. The van der Waals surface area contributed by atoms with Crippen molar-refractivity contribution in [1.82, 2.24) is 0 Å². The van der Waals surface area contributed by atoms with E-state index in [1.165, 1.54) is 12.1 Å². The molecule has 1 aromatic carbocycles. The van der Waals surface area contributed by atoms with Gasteiger partial charge in [0.05, 0.1) is 5.41 Å². The van der Waals surface area contributed by atoms with E-state index in [1.807, 2.05) is 0 Å². The predicted molar refractivity (Wildman–Crippen MR) is 63.2 cm³/mol. The monoisotopic (exact) mass is 234 g/mol. The molecule has 0 unspecified atom stereocenters. The topological polar surface area (TPSA) is 55.1 Å². The fourth-order valence-corrected chi connectivity index (χ4v) is 3.03. The fraction of sp³-hybridized carbons (Fsp3) is 0.462. The number of nitrogens with two attached hydrogens (primary N) is 1. The Hall–Kier alpha value is -1.42. The molecule has 3 rings (SSSR count). The van der Waals surface area contributed by atoms with E-state index in [4.69, 9.17) is 5.73 Å². The Labute approximate surface area is 99.2 Å². The summed E-state index contributed by atoms with van der Waals surface area (Å²) in [4.78, 5) is 12.2. The first-order valence-electron chi connectivity index (χ1n) is 5.99. The van der Waals surface area contributed by atoms with Gasteiger partial charge in [-0.25, -0.2) is 4.39 Å². The van der Waals surface area contributed by atoms with Gasteiger partial charge in [0.15, 0.2) is 0 Å². The molecule has 0 radical (unpaired) electrons. The van der Waals surface area contributed by atoms with Crippen molar-refractivity contribution in [2.75, 3.05) is 5.32 Å². The van der Waals surface area contributed by atoms with Gasteiger partial charge in [0.25, 0.3) is 0 Å². The molecule has 1 aliphatic heterocycles. The number of fused-ring (bicyclic) bond motifs is 2. The second-order valence-corrected chi connectivity index (χ2v) is 5.06. The molecule has 1 heterocycles. The van der Waals surface area contributed by atoms with Crippen LogP contribution < -0.4 is 11.1 Å². The van der Waals surface area contributed by atoms with Gasteiger partial charge < -0.3 is 11.1 Å². The molecule has 4 heteroatoms. The highest BCUT2D eigenvalue weighted by Gasteiger charge is 2.48. The van der Waals surface area contributed by atoms with Gasteiger partial charge >= 0.3 is 0 Å². The van der Waals surface area contributed by atoms with Crippen LogP contribution in [0.15, 0.2) is 18.2 Å². The van der Waals surface area contributed by atoms with Crippen LogP contribution in [0.2, 0.25) is 0 Å². The summed E-state index contributed by atoms with van der Waals surface area (Å²) < 4.78 is 13.1. The molecule has 0 saturated heterocycles. The normalized spacial score (nSPS) is 31.4. The third kappa shape index (κ3) is 1.47. The first-order chi connectivity index (χ1) is 8.12. The van der Waals surface area contributed by atoms with Crippen molar-refractivity contribution in [3.8, 4) is 0 Å². The quantitative estimate of drug-likeness (QED) is 0.720. The Kier molecular flexibility index (Phi) is 2.23. The summed E-state index contributed by atoms with van der Waals surface area (Å²) in [7, 11) is 0. The summed E-state index contributed by atoms with van der Waals surface area (Å²) in [6.45, 7) is 0. The van der Waals surface area contributed by atoms with Crippen LogP contribution in [-0.4, -0.2) is 11.9 Å². The minimum atomic E-state index is -0.459. The van der Waals surface area contributed by atoms with Crippen molar-refractivity contribution in [2.45, 2.75) is 37.1 Å². The van der Waals surface area contributed by atoms with Crippen molar-refractivity contribution in [2.24, 2.45) is 5.73 Å². The number of amides is 1. The molecule has 0 bridgehead atoms. The molecule has 2 aliphatic rings. The van der Waals surface area contributed by atoms with Gasteiger partial charge in [-0.15, -0.1) is 0 Å². The van der Waals surface area contributed by atoms with E-state index < -0.39 is 5.41 Å². The molecule has 1 spiro atoms. The number of anilines is 1. The Morgan fingerprint density at radius 1 is 1.35 bits per heavy atom. The van der Waals surface area contributed by atoms with Crippen LogP contribution in [0.4, 0.5) is 10.1 Å². The third-order valence-corrected chi connectivity index (χ3v) is 4.06. The van der Waals surface area contributed by atoms with E-state index in [0.717, 1.165) is 31.2 Å². The molecule has 1 fully saturated rings. The largest absolute Gasteiger partial charge is 0.328 e. The maximum atomic E-state index is 13.1. The second kappa shape index (κ2) is 3.53. The smallest absolute Gasteiger partial charge is 0.235 e. The highest BCUT2D eigenvalue weighted by molar-refractivity contribution is 6.06. The number of nitrogens with one attached hydrogen (secondary N) is 1. The average Bonchev–Trinajstić information content (AvgIpc) is 2.55. The number of halogens is 1. The predicted octanol–water partition coefficient (Wildman–Crippen LogP) is 1.92. The number of carbonyl (C=O) groups excluding carboxylic acids is 1. The zero-order valence-corrected chi connectivity index (χ0v) is 9.50.